The van der Waals surface area contributed by atoms with Crippen LogP contribution >= 0.6 is 0 Å². The van der Waals surface area contributed by atoms with E-state index in [9.17, 15) is 5.11 Å². The van der Waals surface area contributed by atoms with Crippen molar-refractivity contribution in [2.75, 3.05) is 7.11 Å². The van der Waals surface area contributed by atoms with Crippen molar-refractivity contribution in [2.45, 2.75) is 26.7 Å². The lowest BCUT2D eigenvalue weighted by Crippen LogP contribution is -1.97. The predicted molar refractivity (Wildman–Crippen MR) is 93.2 cm³/mol. The Morgan fingerprint density at radius 2 is 1.73 bits per heavy atom. The quantitative estimate of drug-likeness (QED) is 0.746. The van der Waals surface area contributed by atoms with Crippen LogP contribution in [0, 0.1) is 5.92 Å². The molecule has 0 aliphatic rings. The van der Waals surface area contributed by atoms with E-state index in [4.69, 9.17) is 4.74 Å². The van der Waals surface area contributed by atoms with Gasteiger partial charge in [0, 0.05) is 5.56 Å². The summed E-state index contributed by atoms with van der Waals surface area (Å²) in [4.78, 5) is 0. The number of ether oxygens (including phenoxy) is 1. The number of aromatic hydroxyl groups is 1. The number of methoxy groups -OCH3 is 1. The fourth-order valence-corrected chi connectivity index (χ4v) is 2.37. The molecule has 0 saturated heterocycles. The zero-order chi connectivity index (χ0) is 15.9. The molecule has 0 amide bonds. The van der Waals surface area contributed by atoms with E-state index < -0.39 is 0 Å². The minimum absolute atomic E-state index is 0.313. The third-order valence-corrected chi connectivity index (χ3v) is 3.67. The summed E-state index contributed by atoms with van der Waals surface area (Å²) in [6, 6.07) is 13.9. The Labute approximate surface area is 133 Å². The summed E-state index contributed by atoms with van der Waals surface area (Å²) in [6.45, 7) is 4.36. The maximum Gasteiger partial charge on any atom is 0.126 e. The smallest absolute Gasteiger partial charge is 0.126 e. The average Bonchev–Trinajstić information content (AvgIpc) is 2.52. The zero-order valence-corrected chi connectivity index (χ0v) is 13.5. The molecule has 0 aliphatic heterocycles. The summed E-state index contributed by atoms with van der Waals surface area (Å²) >= 11 is 0. The third kappa shape index (κ3) is 4.39. The van der Waals surface area contributed by atoms with Crippen LogP contribution in [0.15, 0.2) is 42.5 Å². The highest BCUT2D eigenvalue weighted by Crippen LogP contribution is 2.32. The van der Waals surface area contributed by atoms with E-state index >= 15 is 0 Å². The van der Waals surface area contributed by atoms with E-state index in [2.05, 4.69) is 13.8 Å². The van der Waals surface area contributed by atoms with Gasteiger partial charge in [-0.15, -0.1) is 0 Å². The molecule has 2 nitrogen and oxygen atoms in total. The third-order valence-electron chi connectivity index (χ3n) is 3.67. The van der Waals surface area contributed by atoms with E-state index in [1.54, 1.807) is 13.2 Å². The number of hydrogen-bond donors (Lipinski definition) is 1. The summed E-state index contributed by atoms with van der Waals surface area (Å²) < 4.78 is 5.46. The molecule has 0 unspecified atom stereocenters. The van der Waals surface area contributed by atoms with E-state index in [0.717, 1.165) is 35.3 Å². The number of phenols is 1. The van der Waals surface area contributed by atoms with E-state index in [1.165, 1.54) is 0 Å². The van der Waals surface area contributed by atoms with Crippen molar-refractivity contribution < 1.29 is 9.84 Å². The van der Waals surface area contributed by atoms with Gasteiger partial charge < -0.3 is 9.84 Å². The van der Waals surface area contributed by atoms with Gasteiger partial charge in [0.2, 0.25) is 0 Å². The first-order valence-electron chi connectivity index (χ1n) is 7.73. The van der Waals surface area contributed by atoms with E-state index in [0.29, 0.717) is 11.7 Å². The molecule has 0 bridgehead atoms. The summed E-state index contributed by atoms with van der Waals surface area (Å²) in [5, 5.41) is 10.3. The van der Waals surface area contributed by atoms with Crippen LogP contribution in [0.4, 0.5) is 0 Å². The number of hydrogen-bond acceptors (Lipinski definition) is 2. The van der Waals surface area contributed by atoms with Crippen LogP contribution in [0.2, 0.25) is 0 Å². The van der Waals surface area contributed by atoms with Crippen LogP contribution in [-0.4, -0.2) is 12.2 Å². The van der Waals surface area contributed by atoms with Gasteiger partial charge >= 0.3 is 0 Å². The first-order valence-corrected chi connectivity index (χ1v) is 7.73. The van der Waals surface area contributed by atoms with Crippen molar-refractivity contribution in [2.24, 2.45) is 5.92 Å². The van der Waals surface area contributed by atoms with Crippen molar-refractivity contribution in [1.82, 2.24) is 0 Å². The molecule has 2 aromatic carbocycles. The molecule has 0 radical (unpaired) electrons. The fraction of sp³-hybridized carbons (Fsp3) is 0.300. The lowest BCUT2D eigenvalue weighted by Gasteiger charge is -2.13. The van der Waals surface area contributed by atoms with Gasteiger partial charge in [-0.3, -0.25) is 0 Å². The molecule has 0 heterocycles. The number of rotatable bonds is 6. The minimum Gasteiger partial charge on any atom is -0.508 e. The standard InChI is InChI=1S/C20H24O2/c1-15(2)9-12-18-19(21)13-17(14-20(18)22-3)11-10-16-7-5-4-6-8-16/h4-8,10-11,13-15,21H,9,12H2,1-3H3/b11-10+. The van der Waals surface area contributed by atoms with E-state index in [1.807, 2.05) is 48.6 Å². The molecule has 0 aromatic heterocycles. The van der Waals surface area contributed by atoms with Crippen molar-refractivity contribution in [3.8, 4) is 11.5 Å². The molecule has 116 valence electrons. The maximum atomic E-state index is 10.3. The molecular formula is C20H24O2. The second kappa shape index (κ2) is 7.69. The Kier molecular flexibility index (Phi) is 5.65. The Morgan fingerprint density at radius 3 is 2.36 bits per heavy atom. The van der Waals surface area contributed by atoms with Crippen molar-refractivity contribution in [3.63, 3.8) is 0 Å². The van der Waals surface area contributed by atoms with Crippen LogP contribution in [0.3, 0.4) is 0 Å². The molecule has 0 spiro atoms. The monoisotopic (exact) mass is 296 g/mol. The highest BCUT2D eigenvalue weighted by molar-refractivity contribution is 5.71. The summed E-state index contributed by atoms with van der Waals surface area (Å²) in [5.74, 6) is 1.67. The molecule has 0 aliphatic carbocycles. The van der Waals surface area contributed by atoms with Crippen LogP contribution in [0.5, 0.6) is 11.5 Å². The minimum atomic E-state index is 0.313. The van der Waals surface area contributed by atoms with Gasteiger partial charge in [0.15, 0.2) is 0 Å². The van der Waals surface area contributed by atoms with Crippen LogP contribution in [-0.2, 0) is 6.42 Å². The second-order valence-electron chi connectivity index (χ2n) is 5.90. The fourth-order valence-electron chi connectivity index (χ4n) is 2.37. The normalized spacial score (nSPS) is 11.3. The van der Waals surface area contributed by atoms with Gasteiger partial charge in [-0.1, -0.05) is 56.3 Å². The van der Waals surface area contributed by atoms with Crippen LogP contribution in [0.1, 0.15) is 37.0 Å². The number of phenolic OH excluding ortho intramolecular Hbond substituents is 1. The largest absolute Gasteiger partial charge is 0.508 e. The van der Waals surface area contributed by atoms with Gasteiger partial charge in [0.25, 0.3) is 0 Å². The number of benzene rings is 2. The molecule has 2 heteroatoms. The summed E-state index contributed by atoms with van der Waals surface area (Å²) in [6.07, 6.45) is 5.88. The average molecular weight is 296 g/mol. The Morgan fingerprint density at radius 1 is 1.05 bits per heavy atom. The molecular weight excluding hydrogens is 272 g/mol. The van der Waals surface area contributed by atoms with Crippen LogP contribution in [0.25, 0.3) is 12.2 Å². The highest BCUT2D eigenvalue weighted by atomic mass is 16.5. The Balaban J connectivity index is 2.23. The van der Waals surface area contributed by atoms with Crippen molar-refractivity contribution >= 4 is 12.2 Å². The van der Waals surface area contributed by atoms with Gasteiger partial charge in [-0.25, -0.2) is 0 Å². The summed E-state index contributed by atoms with van der Waals surface area (Å²) in [7, 11) is 1.65. The second-order valence-corrected chi connectivity index (χ2v) is 5.90. The van der Waals surface area contributed by atoms with Gasteiger partial charge in [-0.05, 0) is 42.0 Å². The van der Waals surface area contributed by atoms with Crippen LogP contribution < -0.4 is 4.74 Å². The molecule has 0 saturated carbocycles. The topological polar surface area (TPSA) is 29.5 Å². The van der Waals surface area contributed by atoms with Gasteiger partial charge in [-0.2, -0.15) is 0 Å². The molecule has 0 atom stereocenters. The molecule has 2 rings (SSSR count). The molecule has 0 fully saturated rings. The zero-order valence-electron chi connectivity index (χ0n) is 13.5. The molecule has 2 aromatic rings. The Bertz CT molecular complexity index is 628. The molecule has 22 heavy (non-hydrogen) atoms. The van der Waals surface area contributed by atoms with Gasteiger partial charge in [0.05, 0.1) is 7.11 Å². The maximum absolute atomic E-state index is 10.3. The summed E-state index contributed by atoms with van der Waals surface area (Å²) in [5.41, 5.74) is 2.96. The SMILES string of the molecule is COc1cc(/C=C/c2ccccc2)cc(O)c1CCC(C)C. The molecule has 1 N–H and O–H groups in total. The lowest BCUT2D eigenvalue weighted by atomic mass is 9.99. The lowest BCUT2D eigenvalue weighted by molar-refractivity contribution is 0.396. The predicted octanol–water partition coefficient (Wildman–Crippen LogP) is 5.16. The first kappa shape index (κ1) is 16.2. The van der Waals surface area contributed by atoms with Crippen molar-refractivity contribution in [3.05, 3.63) is 59.2 Å². The van der Waals surface area contributed by atoms with Gasteiger partial charge in [0.1, 0.15) is 11.5 Å². The Hall–Kier alpha value is -2.22. The highest BCUT2D eigenvalue weighted by Gasteiger charge is 2.11. The first-order chi connectivity index (χ1) is 10.6. The van der Waals surface area contributed by atoms with E-state index in [-0.39, 0.29) is 0 Å². The van der Waals surface area contributed by atoms with Crippen molar-refractivity contribution in [1.29, 1.82) is 0 Å².